The van der Waals surface area contributed by atoms with Crippen LogP contribution in [0.1, 0.15) is 43.1 Å². The smallest absolute Gasteiger partial charge is 0.223 e. The number of aryl methyl sites for hydroxylation is 2. The Balaban J connectivity index is 1.98. The van der Waals surface area contributed by atoms with Crippen molar-refractivity contribution >= 4 is 5.91 Å². The fraction of sp³-hybridized carbons (Fsp3) is 0.750. The lowest BCUT2D eigenvalue weighted by Crippen LogP contribution is -2.49. The molecule has 1 aliphatic heterocycles. The Morgan fingerprint density at radius 3 is 2.71 bits per heavy atom. The van der Waals surface area contributed by atoms with Crippen LogP contribution in [0, 0.1) is 19.8 Å². The van der Waals surface area contributed by atoms with Gasteiger partial charge in [0.15, 0.2) is 0 Å². The zero-order valence-corrected chi connectivity index (χ0v) is 13.7. The summed E-state index contributed by atoms with van der Waals surface area (Å²) in [5.41, 5.74) is 9.24. The molecule has 0 aliphatic carbocycles. The van der Waals surface area contributed by atoms with Crippen molar-refractivity contribution in [2.24, 2.45) is 18.7 Å². The number of carbonyl (C=O) groups excluding carboxylic acids is 1. The van der Waals surface area contributed by atoms with Crippen molar-refractivity contribution in [2.45, 2.75) is 52.5 Å². The van der Waals surface area contributed by atoms with Crippen molar-refractivity contribution in [2.75, 3.05) is 13.1 Å². The highest BCUT2D eigenvalue weighted by molar-refractivity contribution is 5.77. The van der Waals surface area contributed by atoms with Crippen molar-refractivity contribution in [1.29, 1.82) is 0 Å². The van der Waals surface area contributed by atoms with Crippen LogP contribution in [0.2, 0.25) is 0 Å². The second-order valence-electron chi connectivity index (χ2n) is 6.38. The molecule has 1 fully saturated rings. The maximum Gasteiger partial charge on any atom is 0.223 e. The molecule has 21 heavy (non-hydrogen) atoms. The zero-order valence-electron chi connectivity index (χ0n) is 13.7. The highest BCUT2D eigenvalue weighted by atomic mass is 16.2. The van der Waals surface area contributed by atoms with Crippen LogP contribution in [0.15, 0.2) is 0 Å². The first-order valence-electron chi connectivity index (χ1n) is 7.92. The van der Waals surface area contributed by atoms with Crippen LogP contribution in [0.3, 0.4) is 0 Å². The normalized spacial score (nSPS) is 22.6. The topological polar surface area (TPSA) is 64.2 Å². The van der Waals surface area contributed by atoms with E-state index in [0.717, 1.165) is 37.2 Å². The lowest BCUT2D eigenvalue weighted by molar-refractivity contribution is -0.135. The third-order valence-electron chi connectivity index (χ3n) is 4.82. The Hall–Kier alpha value is -1.36. The van der Waals surface area contributed by atoms with E-state index in [9.17, 15) is 4.79 Å². The number of carbonyl (C=O) groups is 1. The maximum absolute atomic E-state index is 12.5. The van der Waals surface area contributed by atoms with Crippen LogP contribution in [0.25, 0.3) is 0 Å². The van der Waals surface area contributed by atoms with Crippen molar-refractivity contribution in [3.05, 3.63) is 17.0 Å². The monoisotopic (exact) mass is 292 g/mol. The minimum Gasteiger partial charge on any atom is -0.338 e. The molecule has 2 rings (SSSR count). The summed E-state index contributed by atoms with van der Waals surface area (Å²) in [4.78, 5) is 14.5. The Labute approximate surface area is 127 Å². The molecule has 2 heterocycles. The molecule has 0 radical (unpaired) electrons. The van der Waals surface area contributed by atoms with Crippen LogP contribution in [0.5, 0.6) is 0 Å². The van der Waals surface area contributed by atoms with Gasteiger partial charge in [0.2, 0.25) is 5.91 Å². The van der Waals surface area contributed by atoms with E-state index in [0.29, 0.717) is 18.9 Å². The molecule has 2 N–H and O–H groups in total. The summed E-state index contributed by atoms with van der Waals surface area (Å²) in [6.07, 6.45) is 3.45. The number of piperidine rings is 1. The first kappa shape index (κ1) is 16.0. The van der Waals surface area contributed by atoms with Gasteiger partial charge < -0.3 is 10.6 Å². The zero-order chi connectivity index (χ0) is 15.6. The number of rotatable bonds is 4. The van der Waals surface area contributed by atoms with Crippen LogP contribution < -0.4 is 5.73 Å². The molecule has 5 heteroatoms. The molecule has 2 atom stereocenters. The summed E-state index contributed by atoms with van der Waals surface area (Å²) in [7, 11) is 1.95. The summed E-state index contributed by atoms with van der Waals surface area (Å²) >= 11 is 0. The molecule has 5 nitrogen and oxygen atoms in total. The Kier molecular flexibility index (Phi) is 5.04. The molecule has 1 aromatic heterocycles. The van der Waals surface area contributed by atoms with E-state index >= 15 is 0 Å². The van der Waals surface area contributed by atoms with Gasteiger partial charge in [0.1, 0.15) is 0 Å². The Morgan fingerprint density at radius 1 is 1.43 bits per heavy atom. The number of nitrogens with zero attached hydrogens (tertiary/aromatic N) is 3. The molecule has 1 amide bonds. The standard InChI is InChI=1S/C16H28N4O/c1-11-7-8-20(14(9-11)10-17)16(21)6-5-15-12(2)18-19(4)13(15)3/h11,14H,5-10,17H2,1-4H3. The third kappa shape index (κ3) is 3.46. The summed E-state index contributed by atoms with van der Waals surface area (Å²) in [6.45, 7) is 7.74. The van der Waals surface area contributed by atoms with E-state index in [2.05, 4.69) is 18.9 Å². The maximum atomic E-state index is 12.5. The highest BCUT2D eigenvalue weighted by Crippen LogP contribution is 2.23. The molecule has 1 saturated heterocycles. The lowest BCUT2D eigenvalue weighted by Gasteiger charge is -2.38. The van der Waals surface area contributed by atoms with Gasteiger partial charge in [-0.25, -0.2) is 0 Å². The van der Waals surface area contributed by atoms with Crippen LogP contribution in [-0.2, 0) is 18.3 Å². The Morgan fingerprint density at radius 2 is 2.14 bits per heavy atom. The highest BCUT2D eigenvalue weighted by Gasteiger charge is 2.28. The first-order valence-corrected chi connectivity index (χ1v) is 7.92. The van der Waals surface area contributed by atoms with Gasteiger partial charge in [-0.2, -0.15) is 5.10 Å². The molecule has 0 aromatic carbocycles. The minimum absolute atomic E-state index is 0.220. The second-order valence-corrected chi connectivity index (χ2v) is 6.38. The van der Waals surface area contributed by atoms with Gasteiger partial charge in [0, 0.05) is 38.3 Å². The van der Waals surface area contributed by atoms with Crippen LogP contribution in [0.4, 0.5) is 0 Å². The summed E-state index contributed by atoms with van der Waals surface area (Å²) in [5.74, 6) is 0.908. The number of hydrogen-bond acceptors (Lipinski definition) is 3. The summed E-state index contributed by atoms with van der Waals surface area (Å²) < 4.78 is 1.89. The molecule has 1 aliphatic rings. The predicted octanol–water partition coefficient (Wildman–Crippen LogP) is 1.56. The molecule has 2 unspecified atom stereocenters. The largest absolute Gasteiger partial charge is 0.338 e. The van der Waals surface area contributed by atoms with Gasteiger partial charge >= 0.3 is 0 Å². The molecule has 1 aromatic rings. The SMILES string of the molecule is Cc1nn(C)c(C)c1CCC(=O)N1CCC(C)CC1CN. The van der Waals surface area contributed by atoms with E-state index in [1.54, 1.807) is 0 Å². The van der Waals surface area contributed by atoms with Crippen molar-refractivity contribution < 1.29 is 4.79 Å². The average Bonchev–Trinajstić information content (AvgIpc) is 2.69. The van der Waals surface area contributed by atoms with E-state index in [1.807, 2.05) is 23.6 Å². The fourth-order valence-corrected chi connectivity index (χ4v) is 3.36. The number of amides is 1. The van der Waals surface area contributed by atoms with Crippen molar-refractivity contribution in [1.82, 2.24) is 14.7 Å². The van der Waals surface area contributed by atoms with Crippen LogP contribution >= 0.6 is 0 Å². The van der Waals surface area contributed by atoms with E-state index in [1.165, 1.54) is 5.56 Å². The molecule has 0 saturated carbocycles. The van der Waals surface area contributed by atoms with Gasteiger partial charge in [0.25, 0.3) is 0 Å². The van der Waals surface area contributed by atoms with E-state index < -0.39 is 0 Å². The van der Waals surface area contributed by atoms with Crippen LogP contribution in [-0.4, -0.2) is 39.7 Å². The van der Waals surface area contributed by atoms with E-state index in [4.69, 9.17) is 5.73 Å². The first-order chi connectivity index (χ1) is 9.93. The van der Waals surface area contributed by atoms with Gasteiger partial charge in [-0.15, -0.1) is 0 Å². The van der Waals surface area contributed by atoms with Gasteiger partial charge in [-0.1, -0.05) is 6.92 Å². The minimum atomic E-state index is 0.220. The Bertz CT molecular complexity index is 509. The molecule has 118 valence electrons. The lowest BCUT2D eigenvalue weighted by atomic mass is 9.92. The number of likely N-dealkylation sites (tertiary alicyclic amines) is 1. The summed E-state index contributed by atoms with van der Waals surface area (Å²) in [6, 6.07) is 0.220. The van der Waals surface area contributed by atoms with Gasteiger partial charge in [-0.3, -0.25) is 9.48 Å². The third-order valence-corrected chi connectivity index (χ3v) is 4.82. The average molecular weight is 292 g/mol. The molecular formula is C16H28N4O. The van der Waals surface area contributed by atoms with Crippen molar-refractivity contribution in [3.63, 3.8) is 0 Å². The van der Waals surface area contributed by atoms with Gasteiger partial charge in [0.05, 0.1) is 5.69 Å². The van der Waals surface area contributed by atoms with E-state index in [-0.39, 0.29) is 11.9 Å². The quantitative estimate of drug-likeness (QED) is 0.916. The second kappa shape index (κ2) is 6.60. The summed E-state index contributed by atoms with van der Waals surface area (Å²) in [5, 5.41) is 4.41. The number of hydrogen-bond donors (Lipinski definition) is 1. The number of aromatic nitrogens is 2. The fourth-order valence-electron chi connectivity index (χ4n) is 3.36. The van der Waals surface area contributed by atoms with Crippen molar-refractivity contribution in [3.8, 4) is 0 Å². The molecule has 0 bridgehead atoms. The predicted molar refractivity (Wildman–Crippen MR) is 84.0 cm³/mol. The van der Waals surface area contributed by atoms with Gasteiger partial charge in [-0.05, 0) is 44.6 Å². The number of nitrogens with two attached hydrogens (primary N) is 1. The molecule has 0 spiro atoms. The molecular weight excluding hydrogens is 264 g/mol.